The normalized spacial score (nSPS) is 10.9. The van der Waals surface area contributed by atoms with E-state index in [4.69, 9.17) is 20.8 Å². The molecule has 0 bridgehead atoms. The van der Waals surface area contributed by atoms with Crippen LogP contribution < -0.4 is 10.4 Å². The number of rotatable bonds is 5. The van der Waals surface area contributed by atoms with Crippen molar-refractivity contribution in [3.05, 3.63) is 75.1 Å². The van der Waals surface area contributed by atoms with E-state index in [-0.39, 0.29) is 5.63 Å². The van der Waals surface area contributed by atoms with E-state index in [9.17, 15) is 4.79 Å². The molecule has 0 saturated carbocycles. The Kier molecular flexibility index (Phi) is 5.03. The Labute approximate surface area is 147 Å². The van der Waals surface area contributed by atoms with Crippen LogP contribution in [0.25, 0.3) is 11.0 Å². The van der Waals surface area contributed by atoms with Gasteiger partial charge in [0.05, 0.1) is 0 Å². The average molecular weight is 394 g/mol. The van der Waals surface area contributed by atoms with Crippen LogP contribution in [0.15, 0.2) is 57.7 Å². The van der Waals surface area contributed by atoms with Crippen molar-refractivity contribution in [3.8, 4) is 5.75 Å². The van der Waals surface area contributed by atoms with Crippen LogP contribution >= 0.6 is 27.5 Å². The molecule has 0 saturated heterocycles. The van der Waals surface area contributed by atoms with Crippen molar-refractivity contribution < 1.29 is 9.15 Å². The monoisotopic (exact) mass is 392 g/mol. The molecule has 118 valence electrons. The Morgan fingerprint density at radius 3 is 2.78 bits per heavy atom. The van der Waals surface area contributed by atoms with Gasteiger partial charge in [0.15, 0.2) is 0 Å². The highest BCUT2D eigenvalue weighted by atomic mass is 79.9. The van der Waals surface area contributed by atoms with Gasteiger partial charge in [-0.2, -0.15) is 0 Å². The number of ether oxygens (including phenoxy) is 1. The van der Waals surface area contributed by atoms with Crippen molar-refractivity contribution in [2.75, 3.05) is 5.33 Å². The Morgan fingerprint density at radius 1 is 1.13 bits per heavy atom. The summed E-state index contributed by atoms with van der Waals surface area (Å²) >= 11 is 9.36. The first-order valence-corrected chi connectivity index (χ1v) is 8.65. The predicted molar refractivity (Wildman–Crippen MR) is 95.8 cm³/mol. The predicted octanol–water partition coefficient (Wildman–Crippen LogP) is 4.96. The van der Waals surface area contributed by atoms with Crippen LogP contribution in [0.2, 0.25) is 5.02 Å². The molecule has 0 aliphatic rings. The molecule has 0 atom stereocenters. The number of halogens is 2. The van der Waals surface area contributed by atoms with E-state index >= 15 is 0 Å². The molecule has 0 aliphatic heterocycles. The van der Waals surface area contributed by atoms with E-state index in [1.54, 1.807) is 6.07 Å². The van der Waals surface area contributed by atoms with Crippen LogP contribution in [0.5, 0.6) is 5.75 Å². The van der Waals surface area contributed by atoms with Crippen molar-refractivity contribution in [1.82, 2.24) is 0 Å². The zero-order chi connectivity index (χ0) is 16.2. The van der Waals surface area contributed by atoms with Crippen molar-refractivity contribution >= 4 is 38.5 Å². The van der Waals surface area contributed by atoms with Crippen molar-refractivity contribution in [1.29, 1.82) is 0 Å². The number of fused-ring (bicyclic) bond motifs is 1. The van der Waals surface area contributed by atoms with Crippen LogP contribution in [-0.4, -0.2) is 5.33 Å². The summed E-state index contributed by atoms with van der Waals surface area (Å²) in [7, 11) is 0. The highest BCUT2D eigenvalue weighted by Gasteiger charge is 2.07. The van der Waals surface area contributed by atoms with Gasteiger partial charge < -0.3 is 9.15 Å². The summed E-state index contributed by atoms with van der Waals surface area (Å²) in [6.45, 7) is 0.400. The minimum Gasteiger partial charge on any atom is -0.489 e. The minimum atomic E-state index is -0.347. The molecule has 3 rings (SSSR count). The maximum absolute atomic E-state index is 11.7. The quantitative estimate of drug-likeness (QED) is 0.454. The highest BCUT2D eigenvalue weighted by Crippen LogP contribution is 2.24. The summed E-state index contributed by atoms with van der Waals surface area (Å²) in [5, 5.41) is 2.40. The summed E-state index contributed by atoms with van der Waals surface area (Å²) in [4.78, 5) is 11.7. The van der Waals surface area contributed by atoms with Gasteiger partial charge in [0, 0.05) is 27.9 Å². The Balaban J connectivity index is 1.86. The molecule has 0 amide bonds. The first-order valence-electron chi connectivity index (χ1n) is 7.16. The fourth-order valence-electron chi connectivity index (χ4n) is 2.40. The van der Waals surface area contributed by atoms with E-state index < -0.39 is 0 Å². The first kappa shape index (κ1) is 16.1. The zero-order valence-electron chi connectivity index (χ0n) is 12.2. The third-order valence-corrected chi connectivity index (χ3v) is 4.09. The van der Waals surface area contributed by atoms with Gasteiger partial charge in [0.2, 0.25) is 0 Å². The summed E-state index contributed by atoms with van der Waals surface area (Å²) in [5.74, 6) is 0.650. The van der Waals surface area contributed by atoms with Crippen molar-refractivity contribution in [2.24, 2.45) is 0 Å². The van der Waals surface area contributed by atoms with Gasteiger partial charge in [0.1, 0.15) is 17.9 Å². The maximum atomic E-state index is 11.7. The van der Waals surface area contributed by atoms with Gasteiger partial charge in [-0.05, 0) is 41.8 Å². The van der Waals surface area contributed by atoms with Crippen LogP contribution in [-0.2, 0) is 13.0 Å². The second-order valence-electron chi connectivity index (χ2n) is 5.11. The molecule has 0 aliphatic carbocycles. The van der Waals surface area contributed by atoms with Crippen LogP contribution in [0, 0.1) is 0 Å². The Morgan fingerprint density at radius 2 is 2.00 bits per heavy atom. The molecule has 1 heterocycles. The van der Waals surface area contributed by atoms with Crippen molar-refractivity contribution in [3.63, 3.8) is 0 Å². The van der Waals surface area contributed by atoms with Gasteiger partial charge in [-0.25, -0.2) is 4.79 Å². The summed E-state index contributed by atoms with van der Waals surface area (Å²) < 4.78 is 11.1. The molecular formula is C18H14BrClO3. The topological polar surface area (TPSA) is 39.4 Å². The Hall–Kier alpha value is -1.78. The van der Waals surface area contributed by atoms with Crippen molar-refractivity contribution in [2.45, 2.75) is 13.0 Å². The fourth-order valence-corrected chi connectivity index (χ4v) is 3.04. The summed E-state index contributed by atoms with van der Waals surface area (Å²) in [6.07, 6.45) is 0.769. The smallest absolute Gasteiger partial charge is 0.336 e. The van der Waals surface area contributed by atoms with Gasteiger partial charge in [-0.15, -0.1) is 0 Å². The lowest BCUT2D eigenvalue weighted by Crippen LogP contribution is -2.02. The average Bonchev–Trinajstić information content (AvgIpc) is 2.53. The lowest BCUT2D eigenvalue weighted by molar-refractivity contribution is 0.306. The SMILES string of the molecule is O=c1cc(CCBr)c2ccc(OCc3cccc(Cl)c3)cc2o1. The third kappa shape index (κ3) is 3.95. The lowest BCUT2D eigenvalue weighted by atomic mass is 10.1. The van der Waals surface area contributed by atoms with Crippen LogP contribution in [0.3, 0.4) is 0 Å². The molecule has 0 radical (unpaired) electrons. The highest BCUT2D eigenvalue weighted by molar-refractivity contribution is 9.09. The molecule has 0 N–H and O–H groups in total. The van der Waals surface area contributed by atoms with E-state index in [0.717, 1.165) is 28.3 Å². The molecule has 3 nitrogen and oxygen atoms in total. The molecule has 1 aromatic heterocycles. The fraction of sp³-hybridized carbons (Fsp3) is 0.167. The van der Waals surface area contributed by atoms with E-state index in [0.29, 0.717) is 23.0 Å². The number of alkyl halides is 1. The zero-order valence-corrected chi connectivity index (χ0v) is 14.6. The van der Waals surface area contributed by atoms with Crippen LogP contribution in [0.4, 0.5) is 0 Å². The molecule has 5 heteroatoms. The largest absolute Gasteiger partial charge is 0.489 e. The van der Waals surface area contributed by atoms with Gasteiger partial charge in [-0.3, -0.25) is 0 Å². The van der Waals surface area contributed by atoms with Gasteiger partial charge >= 0.3 is 5.63 Å². The number of aryl methyl sites for hydroxylation is 1. The number of benzene rings is 2. The summed E-state index contributed by atoms with van der Waals surface area (Å²) in [5.41, 5.74) is 2.14. The van der Waals surface area contributed by atoms with E-state index in [1.165, 1.54) is 6.07 Å². The Bertz CT molecular complexity index is 889. The van der Waals surface area contributed by atoms with E-state index in [1.807, 2.05) is 36.4 Å². The molecule has 0 spiro atoms. The molecule has 23 heavy (non-hydrogen) atoms. The third-order valence-electron chi connectivity index (χ3n) is 3.46. The first-order chi connectivity index (χ1) is 11.2. The van der Waals surface area contributed by atoms with Gasteiger partial charge in [-0.1, -0.05) is 39.7 Å². The molecule has 3 aromatic rings. The second-order valence-corrected chi connectivity index (χ2v) is 6.34. The lowest BCUT2D eigenvalue weighted by Gasteiger charge is -2.09. The molecular weight excluding hydrogens is 380 g/mol. The molecule has 0 unspecified atom stereocenters. The second kappa shape index (κ2) is 7.20. The van der Waals surface area contributed by atoms with Crippen LogP contribution in [0.1, 0.15) is 11.1 Å². The van der Waals surface area contributed by atoms with Gasteiger partial charge in [0.25, 0.3) is 0 Å². The molecule has 0 fully saturated rings. The molecule has 2 aromatic carbocycles. The minimum absolute atomic E-state index is 0.347. The number of hydrogen-bond donors (Lipinski definition) is 0. The van der Waals surface area contributed by atoms with E-state index in [2.05, 4.69) is 15.9 Å². The standard InChI is InChI=1S/C18H14BrClO3/c19-7-6-13-9-18(21)23-17-10-15(4-5-16(13)17)22-11-12-2-1-3-14(20)8-12/h1-5,8-10H,6-7,11H2. The number of hydrogen-bond acceptors (Lipinski definition) is 3. The maximum Gasteiger partial charge on any atom is 0.336 e. The summed E-state index contributed by atoms with van der Waals surface area (Å²) in [6, 6.07) is 14.6.